The highest BCUT2D eigenvalue weighted by atomic mass is 32.3. The Bertz CT molecular complexity index is 875. The van der Waals surface area contributed by atoms with Crippen molar-refractivity contribution >= 4 is 27.9 Å². The van der Waals surface area contributed by atoms with E-state index in [1.807, 2.05) is 26.8 Å². The van der Waals surface area contributed by atoms with Gasteiger partial charge in [0.15, 0.2) is 5.76 Å². The molecule has 1 heterocycles. The minimum absolute atomic E-state index is 0.0490. The van der Waals surface area contributed by atoms with E-state index in [9.17, 15) is 24.6 Å². The van der Waals surface area contributed by atoms with Crippen molar-refractivity contribution < 1.29 is 29.3 Å². The van der Waals surface area contributed by atoms with Gasteiger partial charge >= 0.3 is 17.9 Å². The number of allylic oxidation sites excluding steroid dienone is 1. The van der Waals surface area contributed by atoms with Crippen LogP contribution in [-0.2, 0) is 14.3 Å². The van der Waals surface area contributed by atoms with Crippen LogP contribution in [0.15, 0.2) is 45.4 Å². The van der Waals surface area contributed by atoms with E-state index in [0.717, 1.165) is 5.56 Å². The van der Waals surface area contributed by atoms with Crippen molar-refractivity contribution in [1.29, 1.82) is 0 Å². The molecule has 0 saturated heterocycles. The van der Waals surface area contributed by atoms with E-state index in [2.05, 4.69) is 0 Å². The second-order valence-corrected chi connectivity index (χ2v) is 10.2. The standard InChI is InChI=1S/C21H26O6S/c1-5-10-28(11-6-2)17(19(22)23)14(4)16(18(28)20(24)25)27-21(26)15-9-7-8-13(3)12-15/h7-9,12H,5-6,10-11H2,1-4H3,(H,22,23)(H,24,25). The van der Waals surface area contributed by atoms with Gasteiger partial charge < -0.3 is 14.9 Å². The number of esters is 1. The predicted octanol–water partition coefficient (Wildman–Crippen LogP) is 4.44. The van der Waals surface area contributed by atoms with Crippen LogP contribution < -0.4 is 0 Å². The van der Waals surface area contributed by atoms with Crippen molar-refractivity contribution in [2.24, 2.45) is 0 Å². The molecular weight excluding hydrogens is 380 g/mol. The molecule has 1 aromatic rings. The second-order valence-electron chi connectivity index (χ2n) is 6.77. The Morgan fingerprint density at radius 2 is 1.54 bits per heavy atom. The largest absolute Gasteiger partial charge is 0.477 e. The summed E-state index contributed by atoms with van der Waals surface area (Å²) < 4.78 is 5.53. The molecule has 28 heavy (non-hydrogen) atoms. The molecule has 0 fully saturated rings. The molecule has 0 spiro atoms. The molecule has 1 aliphatic heterocycles. The number of aryl methyl sites for hydroxylation is 1. The van der Waals surface area contributed by atoms with Crippen LogP contribution in [-0.4, -0.2) is 39.6 Å². The molecule has 0 amide bonds. The number of benzene rings is 1. The lowest BCUT2D eigenvalue weighted by molar-refractivity contribution is -0.132. The van der Waals surface area contributed by atoms with Gasteiger partial charge in [-0.25, -0.2) is 14.4 Å². The molecule has 1 aliphatic rings. The fourth-order valence-electron chi connectivity index (χ4n) is 3.69. The maximum atomic E-state index is 12.7. The van der Waals surface area contributed by atoms with Gasteiger partial charge in [0.1, 0.15) is 4.91 Å². The van der Waals surface area contributed by atoms with Crippen LogP contribution in [0.2, 0.25) is 0 Å². The third-order valence-electron chi connectivity index (χ3n) is 4.61. The lowest BCUT2D eigenvalue weighted by atomic mass is 10.1. The summed E-state index contributed by atoms with van der Waals surface area (Å²) >= 11 is 0. The van der Waals surface area contributed by atoms with E-state index in [4.69, 9.17) is 4.74 Å². The van der Waals surface area contributed by atoms with E-state index in [1.165, 1.54) is 6.92 Å². The normalized spacial score (nSPS) is 16.9. The lowest BCUT2D eigenvalue weighted by Crippen LogP contribution is -2.21. The van der Waals surface area contributed by atoms with Crippen molar-refractivity contribution in [2.75, 3.05) is 11.5 Å². The Labute approximate surface area is 166 Å². The summed E-state index contributed by atoms with van der Waals surface area (Å²) in [7, 11) is -2.29. The summed E-state index contributed by atoms with van der Waals surface area (Å²) in [6.45, 7) is 7.16. The quantitative estimate of drug-likeness (QED) is 0.619. The highest BCUT2D eigenvalue weighted by Crippen LogP contribution is 2.69. The van der Waals surface area contributed by atoms with Crippen LogP contribution in [0.25, 0.3) is 0 Å². The number of hydrogen-bond donors (Lipinski definition) is 2. The molecule has 7 heteroatoms. The molecule has 0 unspecified atom stereocenters. The smallest absolute Gasteiger partial charge is 0.344 e. The number of carboxylic acid groups (broad SMARTS) is 2. The Hall–Kier alpha value is -2.54. The minimum Gasteiger partial charge on any atom is -0.477 e. The summed E-state index contributed by atoms with van der Waals surface area (Å²) in [5, 5.41) is 19.8. The lowest BCUT2D eigenvalue weighted by Gasteiger charge is -2.37. The fourth-order valence-corrected chi connectivity index (χ4v) is 8.21. The minimum atomic E-state index is -2.29. The number of ether oxygens (including phenoxy) is 1. The molecular formula is C21H26O6S. The highest BCUT2D eigenvalue weighted by Gasteiger charge is 2.48. The monoisotopic (exact) mass is 406 g/mol. The van der Waals surface area contributed by atoms with E-state index in [-0.39, 0.29) is 21.1 Å². The van der Waals surface area contributed by atoms with Gasteiger partial charge in [-0.05, 0) is 50.3 Å². The first-order chi connectivity index (χ1) is 13.2. The summed E-state index contributed by atoms with van der Waals surface area (Å²) in [6.07, 6.45) is 1.27. The number of hydrogen-bond acceptors (Lipinski definition) is 4. The van der Waals surface area contributed by atoms with Gasteiger partial charge in [-0.2, -0.15) is 10.0 Å². The second kappa shape index (κ2) is 8.65. The molecule has 2 N–H and O–H groups in total. The Morgan fingerprint density at radius 3 is 2.00 bits per heavy atom. The summed E-state index contributed by atoms with van der Waals surface area (Å²) in [5.41, 5.74) is 1.40. The molecule has 0 atom stereocenters. The van der Waals surface area contributed by atoms with Crippen molar-refractivity contribution in [1.82, 2.24) is 0 Å². The van der Waals surface area contributed by atoms with Gasteiger partial charge in [0, 0.05) is 5.57 Å². The Balaban J connectivity index is 2.65. The number of carbonyl (C=O) groups is 3. The van der Waals surface area contributed by atoms with Gasteiger partial charge in [0.25, 0.3) is 0 Å². The van der Waals surface area contributed by atoms with Crippen molar-refractivity contribution in [3.05, 3.63) is 56.5 Å². The van der Waals surface area contributed by atoms with Crippen LogP contribution in [0.5, 0.6) is 0 Å². The zero-order chi connectivity index (χ0) is 21.1. The van der Waals surface area contributed by atoms with E-state index in [1.54, 1.807) is 18.2 Å². The maximum absolute atomic E-state index is 12.7. The van der Waals surface area contributed by atoms with Crippen molar-refractivity contribution in [3.63, 3.8) is 0 Å². The van der Waals surface area contributed by atoms with Crippen molar-refractivity contribution in [3.8, 4) is 0 Å². The maximum Gasteiger partial charge on any atom is 0.344 e. The molecule has 0 aliphatic carbocycles. The fraction of sp³-hybridized carbons (Fsp3) is 0.381. The van der Waals surface area contributed by atoms with E-state index >= 15 is 0 Å². The Morgan fingerprint density at radius 1 is 0.964 bits per heavy atom. The van der Waals surface area contributed by atoms with E-state index in [0.29, 0.717) is 29.9 Å². The first-order valence-electron chi connectivity index (χ1n) is 9.19. The average Bonchev–Trinajstić information content (AvgIpc) is 2.83. The summed E-state index contributed by atoms with van der Waals surface area (Å²) in [6, 6.07) is 6.77. The van der Waals surface area contributed by atoms with Crippen LogP contribution in [0.4, 0.5) is 0 Å². The third-order valence-corrected chi connectivity index (χ3v) is 9.23. The van der Waals surface area contributed by atoms with Gasteiger partial charge in [-0.15, -0.1) is 0 Å². The topological polar surface area (TPSA) is 101 Å². The van der Waals surface area contributed by atoms with Crippen LogP contribution >= 0.6 is 10.0 Å². The number of aliphatic carboxylic acids is 2. The SMILES string of the molecule is CCCS1(CCC)C(C(=O)O)=C(C)C(OC(=O)c2cccc(C)c2)=C1C(=O)O. The zero-order valence-electron chi connectivity index (χ0n) is 16.6. The van der Waals surface area contributed by atoms with Gasteiger partial charge in [-0.3, -0.25) is 0 Å². The predicted molar refractivity (Wildman–Crippen MR) is 109 cm³/mol. The molecule has 1 aromatic carbocycles. The molecule has 0 saturated carbocycles. The molecule has 152 valence electrons. The molecule has 0 aromatic heterocycles. The van der Waals surface area contributed by atoms with Gasteiger partial charge in [0.05, 0.1) is 10.5 Å². The van der Waals surface area contributed by atoms with Crippen LogP contribution in [0, 0.1) is 6.92 Å². The zero-order valence-corrected chi connectivity index (χ0v) is 17.4. The van der Waals surface area contributed by atoms with Crippen LogP contribution in [0.3, 0.4) is 0 Å². The molecule has 6 nitrogen and oxygen atoms in total. The summed E-state index contributed by atoms with van der Waals surface area (Å²) in [4.78, 5) is 37.0. The first-order valence-corrected chi connectivity index (χ1v) is 11.2. The van der Waals surface area contributed by atoms with Gasteiger partial charge in [0.2, 0.25) is 0 Å². The third kappa shape index (κ3) is 3.85. The van der Waals surface area contributed by atoms with Gasteiger partial charge in [-0.1, -0.05) is 31.5 Å². The molecule has 2 rings (SSSR count). The average molecular weight is 407 g/mol. The number of carbonyl (C=O) groups excluding carboxylic acids is 1. The molecule has 0 radical (unpaired) electrons. The number of carboxylic acids is 2. The number of rotatable bonds is 8. The first kappa shape index (κ1) is 21.8. The Kier molecular flexibility index (Phi) is 6.72. The van der Waals surface area contributed by atoms with Crippen molar-refractivity contribution in [2.45, 2.75) is 40.5 Å². The van der Waals surface area contributed by atoms with E-state index < -0.39 is 27.9 Å². The summed E-state index contributed by atoms with van der Waals surface area (Å²) in [5.74, 6) is -2.28. The molecule has 0 bridgehead atoms. The highest BCUT2D eigenvalue weighted by molar-refractivity contribution is 8.41. The van der Waals surface area contributed by atoms with Crippen LogP contribution in [0.1, 0.15) is 49.5 Å².